The molecule has 0 radical (unpaired) electrons. The van der Waals surface area contributed by atoms with E-state index in [4.69, 9.17) is 17.3 Å². The average Bonchev–Trinajstić information content (AvgIpc) is 3.18. The summed E-state index contributed by atoms with van der Waals surface area (Å²) < 4.78 is 0. The number of nitrogens with two attached hydrogens (primary N) is 1. The normalized spacial score (nSPS) is 17.7. The van der Waals surface area contributed by atoms with E-state index >= 15 is 0 Å². The minimum atomic E-state index is -0.321. The van der Waals surface area contributed by atoms with Crippen LogP contribution in [-0.4, -0.2) is 18.1 Å². The van der Waals surface area contributed by atoms with Crippen LogP contribution in [0.15, 0.2) is 18.2 Å². The van der Waals surface area contributed by atoms with Crippen LogP contribution < -0.4 is 16.4 Å². The average molecular weight is 282 g/mol. The highest BCUT2D eigenvalue weighted by Gasteiger charge is 2.41. The van der Waals surface area contributed by atoms with E-state index in [1.54, 1.807) is 6.07 Å². The molecule has 2 rings (SSSR count). The zero-order valence-electron chi connectivity index (χ0n) is 11.3. The van der Waals surface area contributed by atoms with Crippen LogP contribution in [0.2, 0.25) is 5.02 Å². The van der Waals surface area contributed by atoms with Gasteiger partial charge < -0.3 is 16.4 Å². The predicted octanol–water partition coefficient (Wildman–Crippen LogP) is 2.90. The third kappa shape index (κ3) is 3.39. The SMILES string of the molecule is Cc1ccc(NC(=O)NC(C)(CN)C2CC2)cc1Cl. The number of amides is 2. The molecule has 0 saturated heterocycles. The molecule has 4 nitrogen and oxygen atoms in total. The van der Waals surface area contributed by atoms with Crippen molar-refractivity contribution in [2.24, 2.45) is 11.7 Å². The zero-order valence-corrected chi connectivity index (χ0v) is 12.1. The first kappa shape index (κ1) is 14.2. The predicted molar refractivity (Wildman–Crippen MR) is 78.5 cm³/mol. The van der Waals surface area contributed by atoms with Crippen molar-refractivity contribution in [2.45, 2.75) is 32.2 Å². The molecule has 0 heterocycles. The number of carbonyl (C=O) groups excluding carboxylic acids is 1. The van der Waals surface area contributed by atoms with Crippen LogP contribution >= 0.6 is 11.6 Å². The summed E-state index contributed by atoms with van der Waals surface area (Å²) in [5, 5.41) is 6.40. The number of anilines is 1. The van der Waals surface area contributed by atoms with E-state index in [9.17, 15) is 4.79 Å². The second-order valence-corrected chi connectivity index (χ2v) is 5.85. The topological polar surface area (TPSA) is 67.2 Å². The number of nitrogens with one attached hydrogen (secondary N) is 2. The van der Waals surface area contributed by atoms with Crippen molar-refractivity contribution < 1.29 is 4.79 Å². The van der Waals surface area contributed by atoms with Crippen molar-refractivity contribution >= 4 is 23.3 Å². The summed E-state index contributed by atoms with van der Waals surface area (Å²) in [6.45, 7) is 4.36. The Morgan fingerprint density at radius 2 is 2.21 bits per heavy atom. The van der Waals surface area contributed by atoms with Gasteiger partial charge in [0.25, 0.3) is 0 Å². The van der Waals surface area contributed by atoms with Crippen molar-refractivity contribution in [3.8, 4) is 0 Å². The maximum absolute atomic E-state index is 12.0. The maximum atomic E-state index is 12.0. The molecular formula is C14H20ClN3O. The first-order chi connectivity index (χ1) is 8.94. The molecule has 19 heavy (non-hydrogen) atoms. The van der Waals surface area contributed by atoms with Gasteiger partial charge in [0.2, 0.25) is 0 Å². The lowest BCUT2D eigenvalue weighted by molar-refractivity contribution is 0.234. The molecule has 104 valence electrons. The van der Waals surface area contributed by atoms with Crippen LogP contribution in [0.4, 0.5) is 10.5 Å². The molecule has 0 bridgehead atoms. The highest BCUT2D eigenvalue weighted by atomic mass is 35.5. The number of urea groups is 1. The molecule has 5 heteroatoms. The zero-order chi connectivity index (χ0) is 14.0. The van der Waals surface area contributed by atoms with Crippen LogP contribution in [0.1, 0.15) is 25.3 Å². The summed E-state index contributed by atoms with van der Waals surface area (Å²) in [6, 6.07) is 5.21. The molecule has 4 N–H and O–H groups in total. The lowest BCUT2D eigenvalue weighted by Crippen LogP contribution is -2.54. The maximum Gasteiger partial charge on any atom is 0.319 e. The molecule has 0 aromatic heterocycles. The van der Waals surface area contributed by atoms with E-state index in [1.165, 1.54) is 0 Å². The Kier molecular flexibility index (Phi) is 4.02. The van der Waals surface area contributed by atoms with E-state index in [1.807, 2.05) is 26.0 Å². The second-order valence-electron chi connectivity index (χ2n) is 5.44. The Labute approximate surface area is 118 Å². The van der Waals surface area contributed by atoms with Gasteiger partial charge in [0.1, 0.15) is 0 Å². The lowest BCUT2D eigenvalue weighted by Gasteiger charge is -2.29. The number of carbonyl (C=O) groups is 1. The quantitative estimate of drug-likeness (QED) is 0.794. The van der Waals surface area contributed by atoms with Gasteiger partial charge in [-0.2, -0.15) is 0 Å². The van der Waals surface area contributed by atoms with Gasteiger partial charge in [-0.25, -0.2) is 4.79 Å². The van der Waals surface area contributed by atoms with Crippen molar-refractivity contribution in [1.82, 2.24) is 5.32 Å². The van der Waals surface area contributed by atoms with Crippen LogP contribution in [0.5, 0.6) is 0 Å². The van der Waals surface area contributed by atoms with Gasteiger partial charge in [0.15, 0.2) is 0 Å². The molecule has 0 spiro atoms. The van der Waals surface area contributed by atoms with E-state index in [0.717, 1.165) is 18.4 Å². The molecule has 1 saturated carbocycles. The number of halogens is 1. The van der Waals surface area contributed by atoms with Gasteiger partial charge >= 0.3 is 6.03 Å². The number of rotatable bonds is 4. The molecule has 1 aliphatic carbocycles. The summed E-state index contributed by atoms with van der Waals surface area (Å²) in [5.74, 6) is 0.491. The number of hydrogen-bond donors (Lipinski definition) is 3. The Morgan fingerprint density at radius 3 is 2.74 bits per heavy atom. The molecule has 1 fully saturated rings. The lowest BCUT2D eigenvalue weighted by atomic mass is 9.96. The van der Waals surface area contributed by atoms with Gasteiger partial charge in [-0.3, -0.25) is 0 Å². The van der Waals surface area contributed by atoms with Crippen LogP contribution in [-0.2, 0) is 0 Å². The minimum Gasteiger partial charge on any atom is -0.331 e. The smallest absolute Gasteiger partial charge is 0.319 e. The monoisotopic (exact) mass is 281 g/mol. The number of hydrogen-bond acceptors (Lipinski definition) is 2. The molecule has 1 unspecified atom stereocenters. The summed E-state index contributed by atoms with van der Waals surface area (Å²) in [6.07, 6.45) is 2.26. The Morgan fingerprint density at radius 1 is 1.53 bits per heavy atom. The highest BCUT2D eigenvalue weighted by Crippen LogP contribution is 2.39. The van der Waals surface area contributed by atoms with Crippen molar-refractivity contribution in [2.75, 3.05) is 11.9 Å². The van der Waals surface area contributed by atoms with E-state index in [2.05, 4.69) is 10.6 Å². The van der Waals surface area contributed by atoms with Gasteiger partial charge in [0, 0.05) is 17.3 Å². The van der Waals surface area contributed by atoms with Gasteiger partial charge in [0.05, 0.1) is 5.54 Å². The van der Waals surface area contributed by atoms with E-state index in [0.29, 0.717) is 23.2 Å². The Hall–Kier alpha value is -1.26. The van der Waals surface area contributed by atoms with Crippen LogP contribution in [0.3, 0.4) is 0 Å². The first-order valence-electron chi connectivity index (χ1n) is 6.50. The van der Waals surface area contributed by atoms with Crippen molar-refractivity contribution in [1.29, 1.82) is 0 Å². The molecule has 0 aliphatic heterocycles. The molecule has 2 amide bonds. The number of benzene rings is 1. The fourth-order valence-corrected chi connectivity index (χ4v) is 2.31. The number of aryl methyl sites for hydroxylation is 1. The summed E-state index contributed by atoms with van der Waals surface area (Å²) >= 11 is 6.03. The molecule has 1 aliphatic rings. The van der Waals surface area contributed by atoms with Gasteiger partial charge in [-0.15, -0.1) is 0 Å². The van der Waals surface area contributed by atoms with E-state index in [-0.39, 0.29) is 11.6 Å². The van der Waals surface area contributed by atoms with Gasteiger partial charge in [-0.1, -0.05) is 17.7 Å². The molecule has 1 aromatic carbocycles. The minimum absolute atomic E-state index is 0.236. The summed E-state index contributed by atoms with van der Waals surface area (Å²) in [7, 11) is 0. The molecule has 1 atom stereocenters. The fourth-order valence-electron chi connectivity index (χ4n) is 2.13. The second kappa shape index (κ2) is 5.39. The largest absolute Gasteiger partial charge is 0.331 e. The molecule has 1 aromatic rings. The first-order valence-corrected chi connectivity index (χ1v) is 6.88. The third-order valence-electron chi connectivity index (χ3n) is 3.73. The van der Waals surface area contributed by atoms with Crippen LogP contribution in [0.25, 0.3) is 0 Å². The Balaban J connectivity index is 1.98. The fraction of sp³-hybridized carbons (Fsp3) is 0.500. The van der Waals surface area contributed by atoms with E-state index < -0.39 is 0 Å². The highest BCUT2D eigenvalue weighted by molar-refractivity contribution is 6.31. The molecular weight excluding hydrogens is 262 g/mol. The summed E-state index contributed by atoms with van der Waals surface area (Å²) in [4.78, 5) is 12.0. The standard InChI is InChI=1S/C14H20ClN3O/c1-9-3-6-11(7-12(9)15)17-13(19)18-14(2,8-16)10-4-5-10/h3,6-7,10H,4-5,8,16H2,1-2H3,(H2,17,18,19). The van der Waals surface area contributed by atoms with Crippen molar-refractivity contribution in [3.05, 3.63) is 28.8 Å². The van der Waals surface area contributed by atoms with Crippen LogP contribution in [0, 0.1) is 12.8 Å². The van der Waals surface area contributed by atoms with Crippen molar-refractivity contribution in [3.63, 3.8) is 0 Å². The Bertz CT molecular complexity index is 488. The third-order valence-corrected chi connectivity index (χ3v) is 4.14. The van der Waals surface area contributed by atoms with Gasteiger partial charge in [-0.05, 0) is 50.3 Å². The summed E-state index contributed by atoms with van der Waals surface area (Å²) in [5.41, 5.74) is 7.12.